The summed E-state index contributed by atoms with van der Waals surface area (Å²) >= 11 is 0. The summed E-state index contributed by atoms with van der Waals surface area (Å²) in [6, 6.07) is 2.23. The number of carbonyl (C=O) groups is 3. The molecule has 3 rings (SSSR count). The Kier molecular flexibility index (Phi) is 5.31. The summed E-state index contributed by atoms with van der Waals surface area (Å²) in [5.74, 6) is -3.74. The molecule has 1 aromatic rings. The molecule has 2 atom stereocenters. The highest BCUT2D eigenvalue weighted by Crippen LogP contribution is 2.29. The average Bonchev–Trinajstić information content (AvgIpc) is 2.92. The van der Waals surface area contributed by atoms with Gasteiger partial charge in [-0.1, -0.05) is 0 Å². The van der Waals surface area contributed by atoms with E-state index in [4.69, 9.17) is 4.74 Å². The van der Waals surface area contributed by atoms with Gasteiger partial charge in [-0.05, 0) is 38.4 Å². The zero-order valence-electron chi connectivity index (χ0n) is 14.4. The molecule has 0 aromatic heterocycles. The van der Waals surface area contributed by atoms with Crippen LogP contribution in [0.15, 0.2) is 18.2 Å². The van der Waals surface area contributed by atoms with Crippen LogP contribution in [0.4, 0.5) is 14.5 Å². The topological polar surface area (TPSA) is 66.9 Å². The lowest BCUT2D eigenvalue weighted by Crippen LogP contribution is -2.48. The van der Waals surface area contributed by atoms with E-state index in [9.17, 15) is 23.2 Å². The first-order valence-corrected chi connectivity index (χ1v) is 8.65. The molecule has 2 amide bonds. The maximum Gasteiger partial charge on any atom is 0.310 e. The number of hydrogen-bond donors (Lipinski definition) is 0. The highest BCUT2D eigenvalue weighted by Gasteiger charge is 2.44. The normalized spacial score (nSPS) is 24.2. The van der Waals surface area contributed by atoms with E-state index in [-0.39, 0.29) is 24.0 Å². The maximum atomic E-state index is 13.5. The molecular weight excluding hydrogens is 346 g/mol. The van der Waals surface area contributed by atoms with Crippen molar-refractivity contribution < 1.29 is 27.9 Å². The van der Waals surface area contributed by atoms with Crippen molar-refractivity contribution in [3.8, 4) is 0 Å². The molecule has 2 aliphatic rings. The Morgan fingerprint density at radius 2 is 2.04 bits per heavy atom. The number of likely N-dealkylation sites (tertiary alicyclic amines) is 1. The van der Waals surface area contributed by atoms with Gasteiger partial charge < -0.3 is 4.74 Å². The highest BCUT2D eigenvalue weighted by atomic mass is 19.2. The Morgan fingerprint density at radius 3 is 2.73 bits per heavy atom. The zero-order chi connectivity index (χ0) is 18.8. The number of hydrogen-bond acceptors (Lipinski definition) is 5. The predicted molar refractivity (Wildman–Crippen MR) is 88.2 cm³/mol. The number of esters is 1. The molecule has 2 saturated heterocycles. The van der Waals surface area contributed by atoms with E-state index in [1.807, 2.05) is 4.90 Å². The minimum absolute atomic E-state index is 0.0142. The van der Waals surface area contributed by atoms with Crippen molar-refractivity contribution in [3.63, 3.8) is 0 Å². The Morgan fingerprint density at radius 1 is 1.27 bits per heavy atom. The number of rotatable bonds is 4. The highest BCUT2D eigenvalue weighted by molar-refractivity contribution is 6.22. The van der Waals surface area contributed by atoms with E-state index < -0.39 is 29.5 Å². The fourth-order valence-electron chi connectivity index (χ4n) is 3.54. The molecule has 0 saturated carbocycles. The first-order valence-electron chi connectivity index (χ1n) is 8.65. The van der Waals surface area contributed by atoms with Crippen LogP contribution in [0.3, 0.4) is 0 Å². The third kappa shape index (κ3) is 3.46. The molecule has 26 heavy (non-hydrogen) atoms. The van der Waals surface area contributed by atoms with Crippen molar-refractivity contribution in [2.24, 2.45) is 5.92 Å². The Balaban J connectivity index is 1.75. The SMILES string of the molecule is CCOC(=O)[C@@H]1CCCN([C@H]2CC(=O)N(c3ccc(F)c(F)c3)C2=O)C1. The van der Waals surface area contributed by atoms with Crippen LogP contribution in [0, 0.1) is 17.6 Å². The third-order valence-corrected chi connectivity index (χ3v) is 4.80. The number of amides is 2. The van der Waals surface area contributed by atoms with Gasteiger partial charge >= 0.3 is 5.97 Å². The van der Waals surface area contributed by atoms with Crippen LogP contribution in [0.2, 0.25) is 0 Å². The van der Waals surface area contributed by atoms with Crippen molar-refractivity contribution in [1.82, 2.24) is 4.90 Å². The number of carbonyl (C=O) groups excluding carboxylic acids is 3. The molecule has 0 N–H and O–H groups in total. The molecule has 0 bridgehead atoms. The van der Waals surface area contributed by atoms with Gasteiger partial charge in [-0.3, -0.25) is 19.3 Å². The molecule has 0 aliphatic carbocycles. The summed E-state index contributed by atoms with van der Waals surface area (Å²) < 4.78 is 31.6. The van der Waals surface area contributed by atoms with Gasteiger partial charge in [0.2, 0.25) is 5.91 Å². The first-order chi connectivity index (χ1) is 12.4. The van der Waals surface area contributed by atoms with Crippen LogP contribution < -0.4 is 4.90 Å². The fourth-order valence-corrected chi connectivity index (χ4v) is 3.54. The Bertz CT molecular complexity index is 740. The monoisotopic (exact) mass is 366 g/mol. The number of halogens is 2. The van der Waals surface area contributed by atoms with Crippen LogP contribution in [0.5, 0.6) is 0 Å². The second kappa shape index (κ2) is 7.49. The average molecular weight is 366 g/mol. The van der Waals surface area contributed by atoms with Crippen molar-refractivity contribution in [2.45, 2.75) is 32.2 Å². The van der Waals surface area contributed by atoms with E-state index in [1.165, 1.54) is 6.07 Å². The van der Waals surface area contributed by atoms with Crippen molar-refractivity contribution in [3.05, 3.63) is 29.8 Å². The standard InChI is InChI=1S/C18H20F2N2O4/c1-2-26-18(25)11-4-3-7-21(10-11)15-9-16(23)22(17(15)24)12-5-6-13(19)14(20)8-12/h5-6,8,11,15H,2-4,7,9-10H2,1H3/t11-,15+/m1/s1. The molecule has 2 fully saturated rings. The number of anilines is 1. The molecule has 1 aromatic carbocycles. The zero-order valence-corrected chi connectivity index (χ0v) is 14.4. The van der Waals surface area contributed by atoms with Crippen LogP contribution in [-0.2, 0) is 19.1 Å². The summed E-state index contributed by atoms with van der Waals surface area (Å²) in [6.07, 6.45) is 1.34. The summed E-state index contributed by atoms with van der Waals surface area (Å²) in [6.45, 7) is 2.96. The van der Waals surface area contributed by atoms with Crippen LogP contribution in [0.1, 0.15) is 26.2 Å². The molecule has 0 radical (unpaired) electrons. The van der Waals surface area contributed by atoms with Crippen LogP contribution >= 0.6 is 0 Å². The van der Waals surface area contributed by atoms with Crippen molar-refractivity contribution in [2.75, 3.05) is 24.6 Å². The quantitative estimate of drug-likeness (QED) is 0.601. The van der Waals surface area contributed by atoms with E-state index in [1.54, 1.807) is 6.92 Å². The van der Waals surface area contributed by atoms with Crippen LogP contribution in [-0.4, -0.2) is 48.4 Å². The number of ether oxygens (including phenoxy) is 1. The first kappa shape index (κ1) is 18.4. The number of imide groups is 1. The Hall–Kier alpha value is -2.35. The van der Waals surface area contributed by atoms with Crippen LogP contribution in [0.25, 0.3) is 0 Å². The Labute approximate surface area is 149 Å². The molecule has 0 unspecified atom stereocenters. The van der Waals surface area contributed by atoms with Gasteiger partial charge in [0, 0.05) is 12.6 Å². The van der Waals surface area contributed by atoms with E-state index in [0.29, 0.717) is 32.5 Å². The lowest BCUT2D eigenvalue weighted by atomic mass is 9.96. The number of piperidine rings is 1. The van der Waals surface area contributed by atoms with Gasteiger partial charge in [-0.15, -0.1) is 0 Å². The second-order valence-corrected chi connectivity index (χ2v) is 6.47. The predicted octanol–water partition coefficient (Wildman–Crippen LogP) is 1.87. The summed E-state index contributed by atoms with van der Waals surface area (Å²) in [5, 5.41) is 0. The van der Waals surface area contributed by atoms with E-state index >= 15 is 0 Å². The molecular formula is C18H20F2N2O4. The minimum Gasteiger partial charge on any atom is -0.466 e. The van der Waals surface area contributed by atoms with Gasteiger partial charge in [-0.2, -0.15) is 0 Å². The summed E-state index contributed by atoms with van der Waals surface area (Å²) in [7, 11) is 0. The molecule has 6 nitrogen and oxygen atoms in total. The molecule has 2 aliphatic heterocycles. The fraction of sp³-hybridized carbons (Fsp3) is 0.500. The number of nitrogens with zero attached hydrogens (tertiary/aromatic N) is 2. The maximum absolute atomic E-state index is 13.5. The minimum atomic E-state index is -1.12. The smallest absolute Gasteiger partial charge is 0.310 e. The van der Waals surface area contributed by atoms with Gasteiger partial charge in [0.05, 0.1) is 30.7 Å². The second-order valence-electron chi connectivity index (χ2n) is 6.47. The van der Waals surface area contributed by atoms with Gasteiger partial charge in [-0.25, -0.2) is 13.7 Å². The summed E-state index contributed by atoms with van der Waals surface area (Å²) in [4.78, 5) is 39.7. The van der Waals surface area contributed by atoms with E-state index in [0.717, 1.165) is 17.0 Å². The molecule has 0 spiro atoms. The van der Waals surface area contributed by atoms with Gasteiger partial charge in [0.25, 0.3) is 5.91 Å². The number of benzene rings is 1. The molecule has 8 heteroatoms. The van der Waals surface area contributed by atoms with E-state index in [2.05, 4.69) is 0 Å². The molecule has 140 valence electrons. The summed E-state index contributed by atoms with van der Waals surface area (Å²) in [5.41, 5.74) is 0.0142. The third-order valence-electron chi connectivity index (χ3n) is 4.80. The van der Waals surface area contributed by atoms with Crippen molar-refractivity contribution >= 4 is 23.5 Å². The largest absolute Gasteiger partial charge is 0.466 e. The van der Waals surface area contributed by atoms with Gasteiger partial charge in [0.1, 0.15) is 0 Å². The lowest BCUT2D eigenvalue weighted by Gasteiger charge is -2.34. The lowest BCUT2D eigenvalue weighted by molar-refractivity contribution is -0.150. The van der Waals surface area contributed by atoms with Crippen molar-refractivity contribution in [1.29, 1.82) is 0 Å². The van der Waals surface area contributed by atoms with Gasteiger partial charge in [0.15, 0.2) is 11.6 Å². The molecule has 2 heterocycles.